The Morgan fingerprint density at radius 3 is 2.37 bits per heavy atom. The Labute approximate surface area is 163 Å². The molecule has 1 amide bonds. The third-order valence-electron chi connectivity index (χ3n) is 3.54. The van der Waals surface area contributed by atoms with Gasteiger partial charge in [-0.2, -0.15) is 18.4 Å². The second-order valence-corrected chi connectivity index (χ2v) is 6.60. The number of hydrogen-bond acceptors (Lipinski definition) is 3. The van der Waals surface area contributed by atoms with E-state index in [0.717, 1.165) is 24.3 Å². The van der Waals surface area contributed by atoms with Crippen molar-refractivity contribution in [3.8, 4) is 11.8 Å². The number of nitrogens with one attached hydrogen (secondary N) is 1. The predicted octanol–water partition coefficient (Wildman–Crippen LogP) is 5.10. The molecule has 1 N–H and O–H groups in total. The highest BCUT2D eigenvalue weighted by molar-refractivity contribution is 6.42. The molecule has 4 nitrogen and oxygen atoms in total. The fourth-order valence-corrected chi connectivity index (χ4v) is 2.39. The SMILES string of the molecule is CC(C#N)(COc1cccc(Cl)c1Cl)NC(=O)c1ccc(C(F)(F)F)cc1. The molecule has 0 bridgehead atoms. The molecule has 142 valence electrons. The molecule has 9 heteroatoms. The van der Waals surface area contributed by atoms with Gasteiger partial charge in [0.1, 0.15) is 17.4 Å². The van der Waals surface area contributed by atoms with E-state index in [1.165, 1.54) is 6.92 Å². The molecule has 0 radical (unpaired) electrons. The van der Waals surface area contributed by atoms with Crippen molar-refractivity contribution in [1.82, 2.24) is 5.32 Å². The fraction of sp³-hybridized carbons (Fsp3) is 0.222. The smallest absolute Gasteiger partial charge is 0.416 e. The number of benzene rings is 2. The summed E-state index contributed by atoms with van der Waals surface area (Å²) >= 11 is 11.9. The van der Waals surface area contributed by atoms with Crippen LogP contribution in [0, 0.1) is 11.3 Å². The molecule has 0 aliphatic rings. The zero-order chi connectivity index (χ0) is 20.2. The van der Waals surface area contributed by atoms with Crippen molar-refractivity contribution in [3.63, 3.8) is 0 Å². The normalized spacial score (nSPS) is 13.4. The van der Waals surface area contributed by atoms with Crippen LogP contribution < -0.4 is 10.1 Å². The lowest BCUT2D eigenvalue weighted by Gasteiger charge is -2.24. The zero-order valence-electron chi connectivity index (χ0n) is 13.9. The third-order valence-corrected chi connectivity index (χ3v) is 4.34. The molecule has 0 aliphatic carbocycles. The van der Waals surface area contributed by atoms with Gasteiger partial charge in [-0.05, 0) is 43.3 Å². The number of ether oxygens (including phenoxy) is 1. The monoisotopic (exact) mass is 416 g/mol. The number of nitrogens with zero attached hydrogens (tertiary/aromatic N) is 1. The maximum absolute atomic E-state index is 12.6. The van der Waals surface area contributed by atoms with Gasteiger partial charge in [0, 0.05) is 5.56 Å². The van der Waals surface area contributed by atoms with E-state index in [1.807, 2.05) is 6.07 Å². The molecule has 2 rings (SSSR count). The number of rotatable bonds is 5. The van der Waals surface area contributed by atoms with Crippen molar-refractivity contribution in [2.45, 2.75) is 18.6 Å². The van der Waals surface area contributed by atoms with Crippen molar-refractivity contribution < 1.29 is 22.7 Å². The van der Waals surface area contributed by atoms with Gasteiger partial charge in [0.15, 0.2) is 5.54 Å². The molecule has 0 saturated carbocycles. The first-order valence-electron chi connectivity index (χ1n) is 7.53. The maximum Gasteiger partial charge on any atom is 0.416 e. The van der Waals surface area contributed by atoms with Crippen LogP contribution in [0.4, 0.5) is 13.2 Å². The first-order valence-corrected chi connectivity index (χ1v) is 8.29. The quantitative estimate of drug-likeness (QED) is 0.736. The Kier molecular flexibility index (Phi) is 6.24. The molecule has 0 aliphatic heterocycles. The van der Waals surface area contributed by atoms with Gasteiger partial charge in [-0.15, -0.1) is 0 Å². The van der Waals surface area contributed by atoms with Crippen molar-refractivity contribution >= 4 is 29.1 Å². The van der Waals surface area contributed by atoms with E-state index in [9.17, 15) is 23.2 Å². The summed E-state index contributed by atoms with van der Waals surface area (Å²) in [5, 5.41) is 12.2. The van der Waals surface area contributed by atoms with Crippen molar-refractivity contribution in [2.24, 2.45) is 0 Å². The molecular formula is C18H13Cl2F3N2O2. The molecule has 0 heterocycles. The zero-order valence-corrected chi connectivity index (χ0v) is 15.4. The lowest BCUT2D eigenvalue weighted by molar-refractivity contribution is -0.137. The van der Waals surface area contributed by atoms with Gasteiger partial charge >= 0.3 is 6.18 Å². The summed E-state index contributed by atoms with van der Waals surface area (Å²) in [5.41, 5.74) is -2.35. The van der Waals surface area contributed by atoms with Crippen LogP contribution in [-0.2, 0) is 6.18 Å². The van der Waals surface area contributed by atoms with E-state index < -0.39 is 23.2 Å². The van der Waals surface area contributed by atoms with Gasteiger partial charge in [0.25, 0.3) is 5.91 Å². The average Bonchev–Trinajstić information content (AvgIpc) is 2.62. The number of carbonyl (C=O) groups excluding carboxylic acids is 1. The maximum atomic E-state index is 12.6. The topological polar surface area (TPSA) is 62.1 Å². The Bertz CT molecular complexity index is 880. The number of carbonyl (C=O) groups is 1. The lowest BCUT2D eigenvalue weighted by atomic mass is 10.0. The molecule has 2 aromatic rings. The summed E-state index contributed by atoms with van der Waals surface area (Å²) < 4.78 is 43.2. The molecule has 0 spiro atoms. The number of alkyl halides is 3. The summed E-state index contributed by atoms with van der Waals surface area (Å²) in [4.78, 5) is 12.3. The molecular weight excluding hydrogens is 404 g/mol. The highest BCUT2D eigenvalue weighted by Gasteiger charge is 2.31. The van der Waals surface area contributed by atoms with Gasteiger partial charge in [-0.25, -0.2) is 0 Å². The molecule has 2 aromatic carbocycles. The van der Waals surface area contributed by atoms with Gasteiger partial charge in [-0.3, -0.25) is 4.79 Å². The summed E-state index contributed by atoms with van der Waals surface area (Å²) in [6.45, 7) is 1.16. The van der Waals surface area contributed by atoms with Crippen LogP contribution in [0.2, 0.25) is 10.0 Å². The highest BCUT2D eigenvalue weighted by Crippen LogP contribution is 2.32. The van der Waals surface area contributed by atoms with Crippen LogP contribution in [0.5, 0.6) is 5.75 Å². The second-order valence-electron chi connectivity index (χ2n) is 5.81. The van der Waals surface area contributed by atoms with E-state index >= 15 is 0 Å². The summed E-state index contributed by atoms with van der Waals surface area (Å²) in [6, 6.07) is 10.3. The number of nitriles is 1. The van der Waals surface area contributed by atoms with Crippen LogP contribution in [0.15, 0.2) is 42.5 Å². The van der Waals surface area contributed by atoms with E-state index in [1.54, 1.807) is 18.2 Å². The van der Waals surface area contributed by atoms with Crippen molar-refractivity contribution in [3.05, 3.63) is 63.6 Å². The molecule has 27 heavy (non-hydrogen) atoms. The Morgan fingerprint density at radius 2 is 1.81 bits per heavy atom. The molecule has 1 unspecified atom stereocenters. The standard InChI is InChI=1S/C18H13Cl2F3N2O2/c1-17(9-24,10-27-14-4-2-3-13(19)15(14)20)25-16(26)11-5-7-12(8-6-11)18(21,22)23/h2-8H,10H2,1H3,(H,25,26). The largest absolute Gasteiger partial charge is 0.488 e. The summed E-state index contributed by atoms with van der Waals surface area (Å²) in [6.07, 6.45) is -4.50. The highest BCUT2D eigenvalue weighted by atomic mass is 35.5. The Morgan fingerprint density at radius 1 is 1.19 bits per heavy atom. The minimum absolute atomic E-state index is 0.0229. The molecule has 1 atom stereocenters. The third kappa shape index (κ3) is 5.28. The van der Waals surface area contributed by atoms with Crippen LogP contribution in [0.3, 0.4) is 0 Å². The second kappa shape index (κ2) is 8.07. The van der Waals surface area contributed by atoms with Crippen molar-refractivity contribution in [2.75, 3.05) is 6.61 Å². The summed E-state index contributed by atoms with van der Waals surface area (Å²) in [5.74, 6) is -0.483. The van der Waals surface area contributed by atoms with E-state index in [0.29, 0.717) is 0 Å². The first-order chi connectivity index (χ1) is 12.6. The average molecular weight is 417 g/mol. The molecule has 0 fully saturated rings. The van der Waals surface area contributed by atoms with Crippen LogP contribution >= 0.6 is 23.2 Å². The van der Waals surface area contributed by atoms with E-state index in [-0.39, 0.29) is 28.0 Å². The van der Waals surface area contributed by atoms with Crippen LogP contribution in [-0.4, -0.2) is 18.1 Å². The van der Waals surface area contributed by atoms with Crippen LogP contribution in [0.25, 0.3) is 0 Å². The molecule has 0 saturated heterocycles. The number of amides is 1. The van der Waals surface area contributed by atoms with E-state index in [4.69, 9.17) is 27.9 Å². The Balaban J connectivity index is 2.09. The predicted molar refractivity (Wildman–Crippen MR) is 94.9 cm³/mol. The van der Waals surface area contributed by atoms with Gasteiger partial charge in [0.05, 0.1) is 16.7 Å². The van der Waals surface area contributed by atoms with Crippen LogP contribution in [0.1, 0.15) is 22.8 Å². The van der Waals surface area contributed by atoms with Gasteiger partial charge in [-0.1, -0.05) is 29.3 Å². The minimum Gasteiger partial charge on any atom is -0.488 e. The lowest BCUT2D eigenvalue weighted by Crippen LogP contribution is -2.49. The number of hydrogen-bond donors (Lipinski definition) is 1. The minimum atomic E-state index is -4.50. The number of halogens is 5. The fourth-order valence-electron chi connectivity index (χ4n) is 2.05. The van der Waals surface area contributed by atoms with Gasteiger partial charge < -0.3 is 10.1 Å². The van der Waals surface area contributed by atoms with E-state index in [2.05, 4.69) is 5.32 Å². The van der Waals surface area contributed by atoms with Gasteiger partial charge in [0.2, 0.25) is 0 Å². The summed E-state index contributed by atoms with van der Waals surface area (Å²) in [7, 11) is 0. The first kappa shape index (κ1) is 20.9. The van der Waals surface area contributed by atoms with Crippen molar-refractivity contribution in [1.29, 1.82) is 5.26 Å². The Hall–Kier alpha value is -2.43. The molecule has 0 aromatic heterocycles.